The van der Waals surface area contributed by atoms with Crippen molar-refractivity contribution >= 4 is 0 Å². The number of hydrogen-bond acceptors (Lipinski definition) is 3. The van der Waals surface area contributed by atoms with E-state index in [0.29, 0.717) is 5.69 Å². The molecular weight excluding hydrogens is 178 g/mol. The molecule has 0 fully saturated rings. The molecule has 76 valence electrons. The molecule has 1 heterocycles. The van der Waals surface area contributed by atoms with E-state index in [2.05, 4.69) is 11.1 Å². The highest BCUT2D eigenvalue weighted by Gasteiger charge is 2.16. The second kappa shape index (κ2) is 4.25. The number of aliphatic hydroxyl groups is 1. The Morgan fingerprint density at radius 3 is 2.86 bits per heavy atom. The molecule has 1 aromatic rings. The Bertz CT molecular complexity index is 335. The minimum Gasteiger partial charge on any atom is -0.390 e. The Morgan fingerprint density at radius 2 is 2.36 bits per heavy atom. The summed E-state index contributed by atoms with van der Waals surface area (Å²) in [6.45, 7) is 4.55. The van der Waals surface area contributed by atoms with Crippen LogP contribution < -0.4 is 0 Å². The highest BCUT2D eigenvalue weighted by atomic mass is 16.3. The lowest BCUT2D eigenvalue weighted by Crippen LogP contribution is -2.11. The summed E-state index contributed by atoms with van der Waals surface area (Å²) in [7, 11) is 0. The standard InChI is InChI=1S/C10H15N3O/c1-10(2,7-11)3-4-13-5-9(6-14)12-8-13/h5,8,14H,3-4,6H2,1-2H3. The molecule has 0 saturated heterocycles. The quantitative estimate of drug-likeness (QED) is 0.784. The second-order valence-electron chi connectivity index (χ2n) is 4.01. The fourth-order valence-corrected chi connectivity index (χ4v) is 1.07. The van der Waals surface area contributed by atoms with Crippen LogP contribution in [0.15, 0.2) is 12.5 Å². The van der Waals surface area contributed by atoms with Crippen molar-refractivity contribution in [2.24, 2.45) is 5.41 Å². The van der Waals surface area contributed by atoms with Gasteiger partial charge in [0.15, 0.2) is 0 Å². The summed E-state index contributed by atoms with van der Waals surface area (Å²) in [4.78, 5) is 3.99. The summed E-state index contributed by atoms with van der Waals surface area (Å²) in [6, 6.07) is 2.25. The van der Waals surface area contributed by atoms with Crippen LogP contribution in [-0.4, -0.2) is 14.7 Å². The third kappa shape index (κ3) is 2.86. The molecule has 0 amide bonds. The van der Waals surface area contributed by atoms with Crippen molar-refractivity contribution in [3.63, 3.8) is 0 Å². The van der Waals surface area contributed by atoms with E-state index in [9.17, 15) is 0 Å². The number of imidazole rings is 1. The molecule has 4 nitrogen and oxygen atoms in total. The second-order valence-corrected chi connectivity index (χ2v) is 4.01. The smallest absolute Gasteiger partial charge is 0.0950 e. The van der Waals surface area contributed by atoms with Crippen molar-refractivity contribution in [2.45, 2.75) is 33.4 Å². The summed E-state index contributed by atoms with van der Waals surface area (Å²) in [5, 5.41) is 17.6. The normalized spacial score (nSPS) is 11.3. The van der Waals surface area contributed by atoms with Gasteiger partial charge >= 0.3 is 0 Å². The Hall–Kier alpha value is -1.34. The van der Waals surface area contributed by atoms with Crippen LogP contribution in [0.2, 0.25) is 0 Å². The van der Waals surface area contributed by atoms with Gasteiger partial charge in [-0.25, -0.2) is 4.98 Å². The lowest BCUT2D eigenvalue weighted by molar-refractivity contribution is 0.277. The maximum Gasteiger partial charge on any atom is 0.0950 e. The predicted octanol–water partition coefficient (Wildman–Crippen LogP) is 1.32. The van der Waals surface area contributed by atoms with Gasteiger partial charge in [0.25, 0.3) is 0 Å². The Morgan fingerprint density at radius 1 is 1.64 bits per heavy atom. The van der Waals surface area contributed by atoms with Crippen LogP contribution in [-0.2, 0) is 13.2 Å². The van der Waals surface area contributed by atoms with Gasteiger partial charge in [-0.15, -0.1) is 0 Å². The number of rotatable bonds is 4. The van der Waals surface area contributed by atoms with Crippen LogP contribution >= 0.6 is 0 Å². The third-order valence-corrected chi connectivity index (χ3v) is 2.15. The maximum absolute atomic E-state index is 8.81. The molecule has 1 N–H and O–H groups in total. The summed E-state index contributed by atoms with van der Waals surface area (Å²) in [5.74, 6) is 0. The number of nitrogens with zero attached hydrogens (tertiary/aromatic N) is 3. The monoisotopic (exact) mass is 193 g/mol. The van der Waals surface area contributed by atoms with E-state index in [0.717, 1.165) is 13.0 Å². The molecule has 14 heavy (non-hydrogen) atoms. The number of hydrogen-bond donors (Lipinski definition) is 1. The summed E-state index contributed by atoms with van der Waals surface area (Å²) >= 11 is 0. The first-order chi connectivity index (χ1) is 6.57. The molecule has 0 aliphatic carbocycles. The van der Waals surface area contributed by atoms with E-state index in [1.54, 1.807) is 12.5 Å². The molecule has 0 aliphatic heterocycles. The van der Waals surface area contributed by atoms with Crippen LogP contribution in [0.5, 0.6) is 0 Å². The molecule has 1 rings (SSSR count). The van der Waals surface area contributed by atoms with Crippen LogP contribution in [0.1, 0.15) is 26.0 Å². The SMILES string of the molecule is CC(C)(C#N)CCn1cnc(CO)c1. The third-order valence-electron chi connectivity index (χ3n) is 2.15. The zero-order chi connectivity index (χ0) is 10.6. The average Bonchev–Trinajstić information content (AvgIpc) is 2.63. The number of aliphatic hydroxyl groups excluding tert-OH is 1. The first-order valence-corrected chi connectivity index (χ1v) is 4.60. The van der Waals surface area contributed by atoms with E-state index in [1.807, 2.05) is 18.4 Å². The van der Waals surface area contributed by atoms with Gasteiger partial charge in [0.2, 0.25) is 0 Å². The van der Waals surface area contributed by atoms with Gasteiger partial charge in [0, 0.05) is 12.7 Å². The van der Waals surface area contributed by atoms with Gasteiger partial charge in [0.05, 0.1) is 30.1 Å². The predicted molar refractivity (Wildman–Crippen MR) is 52.2 cm³/mol. The minimum absolute atomic E-state index is 0.0331. The number of aromatic nitrogens is 2. The van der Waals surface area contributed by atoms with Crippen molar-refractivity contribution < 1.29 is 5.11 Å². The molecule has 0 atom stereocenters. The van der Waals surface area contributed by atoms with Crippen molar-refractivity contribution in [3.05, 3.63) is 18.2 Å². The van der Waals surface area contributed by atoms with E-state index in [4.69, 9.17) is 10.4 Å². The zero-order valence-electron chi connectivity index (χ0n) is 8.56. The van der Waals surface area contributed by atoms with Crippen LogP contribution in [0.3, 0.4) is 0 Å². The van der Waals surface area contributed by atoms with Gasteiger partial charge in [-0.2, -0.15) is 5.26 Å². The fraction of sp³-hybridized carbons (Fsp3) is 0.600. The minimum atomic E-state index is -0.302. The molecular formula is C10H15N3O. The van der Waals surface area contributed by atoms with Crippen molar-refractivity contribution in [1.82, 2.24) is 9.55 Å². The number of aryl methyl sites for hydroxylation is 1. The maximum atomic E-state index is 8.81. The fourth-order valence-electron chi connectivity index (χ4n) is 1.07. The lowest BCUT2D eigenvalue weighted by atomic mass is 9.91. The average molecular weight is 193 g/mol. The van der Waals surface area contributed by atoms with E-state index in [-0.39, 0.29) is 12.0 Å². The van der Waals surface area contributed by atoms with Crippen LogP contribution in [0, 0.1) is 16.7 Å². The molecule has 0 unspecified atom stereocenters. The molecule has 0 aliphatic rings. The first kappa shape index (κ1) is 10.7. The van der Waals surface area contributed by atoms with Crippen molar-refractivity contribution in [2.75, 3.05) is 0 Å². The topological polar surface area (TPSA) is 61.8 Å². The molecule has 1 aromatic heterocycles. The number of nitriles is 1. The van der Waals surface area contributed by atoms with Gasteiger partial charge in [-0.3, -0.25) is 0 Å². The Kier molecular flexibility index (Phi) is 3.26. The molecule has 0 aromatic carbocycles. The van der Waals surface area contributed by atoms with Crippen molar-refractivity contribution in [3.8, 4) is 6.07 Å². The van der Waals surface area contributed by atoms with Crippen LogP contribution in [0.4, 0.5) is 0 Å². The molecule has 0 saturated carbocycles. The van der Waals surface area contributed by atoms with E-state index < -0.39 is 0 Å². The zero-order valence-corrected chi connectivity index (χ0v) is 8.56. The van der Waals surface area contributed by atoms with Gasteiger partial charge in [-0.05, 0) is 20.3 Å². The first-order valence-electron chi connectivity index (χ1n) is 4.60. The highest BCUT2D eigenvalue weighted by Crippen LogP contribution is 2.19. The lowest BCUT2D eigenvalue weighted by Gasteiger charge is -2.14. The molecule has 0 spiro atoms. The summed E-state index contributed by atoms with van der Waals surface area (Å²) < 4.78 is 1.89. The molecule has 4 heteroatoms. The molecule has 0 radical (unpaired) electrons. The molecule has 0 bridgehead atoms. The van der Waals surface area contributed by atoms with E-state index in [1.165, 1.54) is 0 Å². The van der Waals surface area contributed by atoms with Gasteiger partial charge < -0.3 is 9.67 Å². The van der Waals surface area contributed by atoms with E-state index >= 15 is 0 Å². The Labute approximate surface area is 83.8 Å². The van der Waals surface area contributed by atoms with Crippen molar-refractivity contribution in [1.29, 1.82) is 5.26 Å². The highest BCUT2D eigenvalue weighted by molar-refractivity contribution is 4.96. The van der Waals surface area contributed by atoms with Crippen LogP contribution in [0.25, 0.3) is 0 Å². The largest absolute Gasteiger partial charge is 0.390 e. The Balaban J connectivity index is 2.50. The summed E-state index contributed by atoms with van der Waals surface area (Å²) in [5.41, 5.74) is 0.365. The van der Waals surface area contributed by atoms with Gasteiger partial charge in [-0.1, -0.05) is 0 Å². The summed E-state index contributed by atoms with van der Waals surface area (Å²) in [6.07, 6.45) is 4.26. The van der Waals surface area contributed by atoms with Gasteiger partial charge in [0.1, 0.15) is 0 Å².